The third-order valence-corrected chi connectivity index (χ3v) is 12.6. The van der Waals surface area contributed by atoms with Crippen LogP contribution in [-0.4, -0.2) is 76.5 Å². The third kappa shape index (κ3) is 6.25. The first-order chi connectivity index (χ1) is 29.4. The fraction of sp³-hybridized carbons (Fsp3) is 0.261. The number of piperidine rings is 1. The van der Waals surface area contributed by atoms with Gasteiger partial charge in [-0.25, -0.2) is 9.59 Å². The first kappa shape index (κ1) is 39.6. The van der Waals surface area contributed by atoms with Crippen molar-refractivity contribution < 1.29 is 50.7 Å². The maximum atomic E-state index is 15.8. The molecule has 3 aliphatic heterocycles. The summed E-state index contributed by atoms with van der Waals surface area (Å²) in [6.07, 6.45) is -0.994. The van der Waals surface area contributed by atoms with Crippen LogP contribution in [0.4, 0.5) is 21.0 Å². The van der Waals surface area contributed by atoms with Crippen LogP contribution in [0.1, 0.15) is 53.0 Å². The average Bonchev–Trinajstić information content (AvgIpc) is 3.76. The van der Waals surface area contributed by atoms with Crippen LogP contribution in [0.15, 0.2) is 109 Å². The number of para-hydroxylation sites is 1. The highest BCUT2D eigenvalue weighted by Gasteiger charge is 2.71. The summed E-state index contributed by atoms with van der Waals surface area (Å²) in [6.45, 7) is -0.0854. The number of ketones is 1. The Labute approximate surface area is 352 Å². The molecule has 0 radical (unpaired) electrons. The summed E-state index contributed by atoms with van der Waals surface area (Å²) < 4.78 is 54.4. The van der Waals surface area contributed by atoms with Gasteiger partial charge in [0.25, 0.3) is 0 Å². The summed E-state index contributed by atoms with van der Waals surface area (Å²) in [5.74, 6) is -1.26. The Morgan fingerprint density at radius 2 is 1.44 bits per heavy atom. The first-order valence-corrected chi connectivity index (χ1v) is 21.5. The van der Waals surface area contributed by atoms with E-state index >= 15 is 4.79 Å². The van der Waals surface area contributed by atoms with E-state index in [0.717, 1.165) is 28.5 Å². The molecule has 9 rings (SSSR count). The van der Waals surface area contributed by atoms with E-state index in [2.05, 4.69) is 5.32 Å². The van der Waals surface area contributed by atoms with E-state index in [-0.39, 0.29) is 79.1 Å². The number of nitrogens with one attached hydrogen (secondary N) is 1. The molecule has 4 aliphatic rings. The topological polar surface area (TPSA) is 167 Å². The van der Waals surface area contributed by atoms with E-state index in [9.17, 15) is 22.8 Å². The summed E-state index contributed by atoms with van der Waals surface area (Å²) in [5.41, 5.74) is 2.16. The molecule has 3 amide bonds. The van der Waals surface area contributed by atoms with Crippen molar-refractivity contribution in [3.8, 4) is 28.4 Å². The van der Waals surface area contributed by atoms with Crippen LogP contribution in [0.25, 0.3) is 11.1 Å². The second kappa shape index (κ2) is 15.0. The maximum absolute atomic E-state index is 15.8. The lowest BCUT2D eigenvalue weighted by molar-refractivity contribution is -0.141. The van der Waals surface area contributed by atoms with Crippen LogP contribution in [0.3, 0.4) is 0 Å². The van der Waals surface area contributed by atoms with Gasteiger partial charge in [-0.05, 0) is 51.9 Å². The lowest BCUT2D eigenvalue weighted by Gasteiger charge is -2.58. The van der Waals surface area contributed by atoms with Crippen molar-refractivity contribution in [3.05, 3.63) is 137 Å². The molecular formula is C46H41N3O11S. The summed E-state index contributed by atoms with van der Waals surface area (Å²) in [5, 5.41) is 2.79. The number of carbonyl (C=O) groups excluding carboxylic acids is 4. The van der Waals surface area contributed by atoms with Gasteiger partial charge < -0.3 is 23.1 Å². The number of hydrogen-bond acceptors (Lipinski definition) is 11. The zero-order valence-corrected chi connectivity index (χ0v) is 34.3. The molecular weight excluding hydrogens is 803 g/mol. The van der Waals surface area contributed by atoms with Gasteiger partial charge in [-0.1, -0.05) is 97.1 Å². The molecule has 15 heteroatoms. The largest absolute Gasteiger partial charge is 0.492 e. The van der Waals surface area contributed by atoms with Crippen LogP contribution in [0, 0.1) is 0 Å². The fourth-order valence-electron chi connectivity index (χ4n) is 9.71. The van der Waals surface area contributed by atoms with E-state index in [1.165, 1.54) is 30.1 Å². The molecule has 14 nitrogen and oxygen atoms in total. The van der Waals surface area contributed by atoms with Crippen LogP contribution in [-0.2, 0) is 41.2 Å². The highest BCUT2D eigenvalue weighted by atomic mass is 32.2. The second-order valence-electron chi connectivity index (χ2n) is 15.3. The van der Waals surface area contributed by atoms with E-state index in [4.69, 9.17) is 23.1 Å². The highest BCUT2D eigenvalue weighted by molar-refractivity contribution is 7.86. The number of Topliss-reactive ketones (excluding diaryl/α,β-unsaturated/α-hetero) is 1. The quantitative estimate of drug-likeness (QED) is 0.142. The minimum Gasteiger partial charge on any atom is -0.492 e. The molecule has 1 spiro atoms. The van der Waals surface area contributed by atoms with Crippen molar-refractivity contribution in [2.75, 3.05) is 43.8 Å². The number of carbonyl (C=O) groups is 4. The van der Waals surface area contributed by atoms with Crippen molar-refractivity contribution in [1.82, 2.24) is 4.90 Å². The van der Waals surface area contributed by atoms with Gasteiger partial charge in [0, 0.05) is 30.9 Å². The fourth-order valence-corrected chi connectivity index (χ4v) is 10.2. The van der Waals surface area contributed by atoms with Gasteiger partial charge in [0.05, 0.1) is 37.3 Å². The third-order valence-electron chi connectivity index (χ3n) is 12.1. The molecule has 1 aliphatic carbocycles. The zero-order chi connectivity index (χ0) is 42.7. The predicted octanol–water partition coefficient (Wildman–Crippen LogP) is 7.14. The van der Waals surface area contributed by atoms with Crippen LogP contribution in [0.5, 0.6) is 17.2 Å². The zero-order valence-electron chi connectivity index (χ0n) is 33.5. The molecule has 0 unspecified atom stereocenters. The molecule has 5 aromatic rings. The number of methoxy groups -OCH3 is 2. The predicted molar refractivity (Wildman–Crippen MR) is 223 cm³/mol. The van der Waals surface area contributed by atoms with Gasteiger partial charge in [0.1, 0.15) is 13.2 Å². The van der Waals surface area contributed by atoms with E-state index in [1.54, 1.807) is 48.5 Å². The summed E-state index contributed by atoms with van der Waals surface area (Å²) in [7, 11) is -1.37. The molecule has 5 aromatic carbocycles. The normalized spacial score (nSPS) is 19.9. The number of fused-ring (bicyclic) bond motifs is 7. The van der Waals surface area contributed by atoms with Gasteiger partial charge in [0.2, 0.25) is 5.91 Å². The molecule has 2 fully saturated rings. The number of rotatable bonds is 10. The van der Waals surface area contributed by atoms with Crippen molar-refractivity contribution >= 4 is 45.4 Å². The van der Waals surface area contributed by atoms with E-state index < -0.39 is 45.1 Å². The van der Waals surface area contributed by atoms with E-state index in [0.29, 0.717) is 11.1 Å². The number of likely N-dealkylation sites (tertiary alicyclic amines) is 1. The van der Waals surface area contributed by atoms with Gasteiger partial charge in [-0.3, -0.25) is 24.7 Å². The number of anilines is 2. The summed E-state index contributed by atoms with van der Waals surface area (Å²) in [4.78, 5) is 60.0. The lowest BCUT2D eigenvalue weighted by Crippen LogP contribution is -2.75. The Kier molecular flexibility index (Phi) is 9.73. The average molecular weight is 844 g/mol. The van der Waals surface area contributed by atoms with Gasteiger partial charge >= 0.3 is 22.3 Å². The van der Waals surface area contributed by atoms with Crippen LogP contribution in [0.2, 0.25) is 0 Å². The van der Waals surface area contributed by atoms with E-state index in [1.807, 2.05) is 54.6 Å². The molecule has 0 aromatic heterocycles. The molecule has 1 N–H and O–H groups in total. The van der Waals surface area contributed by atoms with Gasteiger partial charge in [0.15, 0.2) is 28.7 Å². The van der Waals surface area contributed by atoms with Gasteiger partial charge in [-0.2, -0.15) is 8.42 Å². The Morgan fingerprint density at radius 3 is 2.11 bits per heavy atom. The summed E-state index contributed by atoms with van der Waals surface area (Å²) >= 11 is 0. The monoisotopic (exact) mass is 843 g/mol. The van der Waals surface area contributed by atoms with Crippen LogP contribution < -0.4 is 23.9 Å². The standard InChI is InChI=1S/C46H41N3O11S/c1-56-40-35(20-21-36(41(40)57-2)47-43(52)58-27-33-31-16-9-7-14-29(31)30-15-8-10-17-32(30)33)45-24-25-48(44(53)59-26-28-12-5-4-6-13-28)46(42(45)51)23-22-38(50)49(46)39-34(45)18-11-19-37(39)60-61(3,54)55/h4-21,33H,22-27H2,1-3H3,(H,47,52)/t45-,46+/m1/s1. The lowest BCUT2D eigenvalue weighted by atomic mass is 9.59. The maximum Gasteiger partial charge on any atom is 0.412 e. The molecule has 2 saturated heterocycles. The molecule has 3 heterocycles. The summed E-state index contributed by atoms with van der Waals surface area (Å²) in [6, 6.07) is 32.8. The number of ether oxygens (including phenoxy) is 4. The van der Waals surface area contributed by atoms with Crippen molar-refractivity contribution in [3.63, 3.8) is 0 Å². The second-order valence-corrected chi connectivity index (χ2v) is 16.9. The molecule has 61 heavy (non-hydrogen) atoms. The Balaban J connectivity index is 1.11. The molecule has 2 bridgehead atoms. The van der Waals surface area contributed by atoms with Gasteiger partial charge in [-0.15, -0.1) is 0 Å². The van der Waals surface area contributed by atoms with Crippen LogP contribution >= 0.6 is 0 Å². The number of hydrogen-bond donors (Lipinski definition) is 1. The molecule has 312 valence electrons. The number of nitrogens with zero attached hydrogens (tertiary/aromatic N) is 2. The van der Waals surface area contributed by atoms with Crippen molar-refractivity contribution in [2.24, 2.45) is 0 Å². The molecule has 0 saturated carbocycles. The smallest absolute Gasteiger partial charge is 0.412 e. The minimum atomic E-state index is -4.16. The number of amides is 3. The molecule has 2 atom stereocenters. The Hall–Kier alpha value is -6.87. The Morgan fingerprint density at radius 1 is 0.770 bits per heavy atom. The Bertz CT molecular complexity index is 2700. The first-order valence-electron chi connectivity index (χ1n) is 19.7. The van der Waals surface area contributed by atoms with Crippen molar-refractivity contribution in [2.45, 2.75) is 42.9 Å². The van der Waals surface area contributed by atoms with Crippen molar-refractivity contribution in [1.29, 1.82) is 0 Å². The minimum absolute atomic E-state index is 0.0254. The number of benzene rings is 5. The SMILES string of the molecule is COc1c(NC(=O)OCC2c3ccccc3-c3ccccc32)ccc([C@@]23CCN(C(=O)OCc4ccccc4)[C@]4(CCC(=O)N4c4c(OS(C)(=O)=O)cccc42)C3=O)c1OC. The highest BCUT2D eigenvalue weighted by Crippen LogP contribution is 2.62.